The molecule has 8 nitrogen and oxygen atoms in total. The van der Waals surface area contributed by atoms with Gasteiger partial charge in [0, 0.05) is 31.9 Å². The zero-order chi connectivity index (χ0) is 18.8. The van der Waals surface area contributed by atoms with Crippen LogP contribution in [0.2, 0.25) is 0 Å². The van der Waals surface area contributed by atoms with Crippen LogP contribution in [0, 0.1) is 0 Å². The Morgan fingerprint density at radius 1 is 1.00 bits per heavy atom. The van der Waals surface area contributed by atoms with E-state index in [2.05, 4.69) is 48.1 Å². The van der Waals surface area contributed by atoms with Crippen LogP contribution in [-0.2, 0) is 6.54 Å². The van der Waals surface area contributed by atoms with Crippen LogP contribution in [0.4, 0.5) is 5.69 Å². The van der Waals surface area contributed by atoms with Gasteiger partial charge >= 0.3 is 0 Å². The van der Waals surface area contributed by atoms with Gasteiger partial charge in [-0.1, -0.05) is 5.16 Å². The van der Waals surface area contributed by atoms with E-state index in [-0.39, 0.29) is 6.10 Å². The highest BCUT2D eigenvalue weighted by atomic mass is 16.5. The molecule has 3 aromatic rings. The zero-order valence-electron chi connectivity index (χ0n) is 15.8. The number of nitrogens with zero attached hydrogens (tertiary/aromatic N) is 6. The first-order chi connectivity index (χ1) is 13.8. The van der Waals surface area contributed by atoms with Crippen LogP contribution in [0.15, 0.2) is 35.4 Å². The van der Waals surface area contributed by atoms with E-state index in [1.165, 1.54) is 24.9 Å². The van der Waals surface area contributed by atoms with Gasteiger partial charge in [-0.3, -0.25) is 4.90 Å². The van der Waals surface area contributed by atoms with E-state index in [9.17, 15) is 0 Å². The largest absolute Gasteiger partial charge is 0.474 e. The van der Waals surface area contributed by atoms with Gasteiger partial charge in [-0.25, -0.2) is 9.97 Å². The number of anilines is 1. The Hall–Kier alpha value is -2.74. The second-order valence-electron chi connectivity index (χ2n) is 7.50. The number of ether oxygens (including phenoxy) is 1. The number of fused-ring (bicyclic) bond motifs is 1. The molecular formula is C20H24N6O2. The van der Waals surface area contributed by atoms with Crippen molar-refractivity contribution in [2.75, 3.05) is 31.1 Å². The van der Waals surface area contributed by atoms with Gasteiger partial charge in [0.1, 0.15) is 12.4 Å². The van der Waals surface area contributed by atoms with E-state index in [0.717, 1.165) is 49.9 Å². The molecule has 2 fully saturated rings. The molecule has 1 aliphatic heterocycles. The lowest BCUT2D eigenvalue weighted by molar-refractivity contribution is 0.204. The molecule has 1 saturated heterocycles. The Morgan fingerprint density at radius 3 is 2.64 bits per heavy atom. The third-order valence-corrected chi connectivity index (χ3v) is 5.67. The van der Waals surface area contributed by atoms with E-state index in [0.29, 0.717) is 18.3 Å². The van der Waals surface area contributed by atoms with Crippen LogP contribution in [-0.4, -0.2) is 57.3 Å². The van der Waals surface area contributed by atoms with Crippen molar-refractivity contribution in [3.63, 3.8) is 0 Å². The fraction of sp³-hybridized carbons (Fsp3) is 0.500. The van der Waals surface area contributed by atoms with Gasteiger partial charge in [0.25, 0.3) is 0 Å². The highest BCUT2D eigenvalue weighted by Gasteiger charge is 2.21. The minimum atomic E-state index is 0.287. The quantitative estimate of drug-likeness (QED) is 0.668. The van der Waals surface area contributed by atoms with Gasteiger partial charge in [0.15, 0.2) is 6.33 Å². The summed E-state index contributed by atoms with van der Waals surface area (Å²) in [5.74, 6) is 1.39. The second kappa shape index (κ2) is 7.71. The summed E-state index contributed by atoms with van der Waals surface area (Å²) in [6.45, 7) is 4.52. The lowest BCUT2D eigenvalue weighted by Gasteiger charge is -2.35. The fourth-order valence-electron chi connectivity index (χ4n) is 4.10. The Bertz CT molecular complexity index is 918. The monoisotopic (exact) mass is 380 g/mol. The molecular weight excluding hydrogens is 356 g/mol. The molecule has 0 atom stereocenters. The predicted molar refractivity (Wildman–Crippen MR) is 104 cm³/mol. The molecule has 28 heavy (non-hydrogen) atoms. The maximum absolute atomic E-state index is 6.21. The number of hydrogen-bond acceptors (Lipinski definition) is 8. The van der Waals surface area contributed by atoms with Crippen LogP contribution >= 0.6 is 0 Å². The maximum Gasteiger partial charge on any atom is 0.240 e. The van der Waals surface area contributed by atoms with Crippen LogP contribution in [0.3, 0.4) is 0 Å². The number of rotatable bonds is 5. The first-order valence-electron chi connectivity index (χ1n) is 9.99. The van der Waals surface area contributed by atoms with Crippen molar-refractivity contribution in [3.05, 3.63) is 36.7 Å². The van der Waals surface area contributed by atoms with E-state index in [1.54, 1.807) is 6.33 Å². The van der Waals surface area contributed by atoms with Crippen LogP contribution in [0.5, 0.6) is 5.88 Å². The molecule has 2 aromatic heterocycles. The Kier molecular flexibility index (Phi) is 4.78. The number of aromatic nitrogens is 4. The average Bonchev–Trinajstić information content (AvgIpc) is 3.43. The highest BCUT2D eigenvalue weighted by Crippen LogP contribution is 2.30. The number of hydrogen-bond donors (Lipinski definition) is 0. The van der Waals surface area contributed by atoms with Crippen molar-refractivity contribution >= 4 is 16.6 Å². The summed E-state index contributed by atoms with van der Waals surface area (Å²) >= 11 is 0. The van der Waals surface area contributed by atoms with Crippen LogP contribution < -0.4 is 9.64 Å². The van der Waals surface area contributed by atoms with Crippen molar-refractivity contribution < 1.29 is 9.26 Å². The third-order valence-electron chi connectivity index (χ3n) is 5.67. The third kappa shape index (κ3) is 3.64. The van der Waals surface area contributed by atoms with E-state index >= 15 is 0 Å². The minimum absolute atomic E-state index is 0.287. The van der Waals surface area contributed by atoms with Gasteiger partial charge in [0.05, 0.1) is 17.4 Å². The van der Waals surface area contributed by atoms with Crippen LogP contribution in [0.25, 0.3) is 10.9 Å². The molecule has 0 N–H and O–H groups in total. The first kappa shape index (κ1) is 17.4. The molecule has 0 bridgehead atoms. The SMILES string of the molecule is c1noc(CN2CCN(c3ccc4ncnc(OC5CCCC5)c4c3)CC2)n1. The summed E-state index contributed by atoms with van der Waals surface area (Å²) in [6.07, 6.45) is 8.06. The molecule has 1 saturated carbocycles. The fourth-order valence-corrected chi connectivity index (χ4v) is 4.10. The molecule has 0 spiro atoms. The van der Waals surface area contributed by atoms with Crippen molar-refractivity contribution in [2.24, 2.45) is 0 Å². The number of benzene rings is 1. The van der Waals surface area contributed by atoms with Gasteiger partial charge in [0.2, 0.25) is 11.8 Å². The molecule has 1 aliphatic carbocycles. The van der Waals surface area contributed by atoms with Crippen molar-refractivity contribution in [1.29, 1.82) is 0 Å². The molecule has 0 unspecified atom stereocenters. The summed E-state index contributed by atoms with van der Waals surface area (Å²) in [6, 6.07) is 6.38. The van der Waals surface area contributed by atoms with Crippen molar-refractivity contribution in [2.45, 2.75) is 38.3 Å². The summed E-state index contributed by atoms with van der Waals surface area (Å²) in [4.78, 5) is 17.7. The van der Waals surface area contributed by atoms with Gasteiger partial charge < -0.3 is 14.2 Å². The number of piperazine rings is 1. The normalized spacial score (nSPS) is 18.8. The molecule has 3 heterocycles. The van der Waals surface area contributed by atoms with Gasteiger partial charge in [-0.05, 0) is 43.9 Å². The smallest absolute Gasteiger partial charge is 0.240 e. The van der Waals surface area contributed by atoms with Crippen molar-refractivity contribution in [1.82, 2.24) is 25.0 Å². The minimum Gasteiger partial charge on any atom is -0.474 e. The van der Waals surface area contributed by atoms with E-state index in [4.69, 9.17) is 9.26 Å². The molecule has 1 aromatic carbocycles. The highest BCUT2D eigenvalue weighted by molar-refractivity contribution is 5.86. The lowest BCUT2D eigenvalue weighted by Crippen LogP contribution is -2.46. The average molecular weight is 380 g/mol. The molecule has 0 radical (unpaired) electrons. The van der Waals surface area contributed by atoms with Gasteiger partial charge in [-0.2, -0.15) is 4.98 Å². The second-order valence-corrected chi connectivity index (χ2v) is 7.50. The topological polar surface area (TPSA) is 80.4 Å². The maximum atomic E-state index is 6.21. The van der Waals surface area contributed by atoms with Gasteiger partial charge in [-0.15, -0.1) is 0 Å². The molecule has 2 aliphatic rings. The first-order valence-corrected chi connectivity index (χ1v) is 9.99. The summed E-state index contributed by atoms with van der Waals surface area (Å²) in [5, 5.41) is 4.68. The molecule has 5 rings (SSSR count). The predicted octanol–water partition coefficient (Wildman–Crippen LogP) is 2.66. The van der Waals surface area contributed by atoms with E-state index < -0.39 is 0 Å². The van der Waals surface area contributed by atoms with Crippen LogP contribution in [0.1, 0.15) is 31.6 Å². The zero-order valence-corrected chi connectivity index (χ0v) is 15.8. The summed E-state index contributed by atoms with van der Waals surface area (Å²) < 4.78 is 11.3. The summed E-state index contributed by atoms with van der Waals surface area (Å²) in [5.41, 5.74) is 2.12. The lowest BCUT2D eigenvalue weighted by atomic mass is 10.2. The molecule has 0 amide bonds. The summed E-state index contributed by atoms with van der Waals surface area (Å²) in [7, 11) is 0. The Morgan fingerprint density at radius 2 is 1.86 bits per heavy atom. The Balaban J connectivity index is 1.30. The Labute approximate surface area is 163 Å². The standard InChI is InChI=1S/C20H24N6O2/c1-2-4-16(3-1)27-20-17-11-15(5-6-18(17)21-13-23-20)26-9-7-25(8-10-26)12-19-22-14-24-28-19/h5-6,11,13-14,16H,1-4,7-10,12H2. The van der Waals surface area contributed by atoms with E-state index in [1.807, 2.05) is 0 Å². The molecule has 146 valence electrons. The molecule has 8 heteroatoms. The van der Waals surface area contributed by atoms with Crippen molar-refractivity contribution in [3.8, 4) is 5.88 Å².